The summed E-state index contributed by atoms with van der Waals surface area (Å²) in [5.41, 5.74) is 1.68. The fourth-order valence-corrected chi connectivity index (χ4v) is 10.6. The summed E-state index contributed by atoms with van der Waals surface area (Å²) >= 11 is 0. The maximum absolute atomic E-state index is 12.8. The number of hydrogen-bond donors (Lipinski definition) is 2. The Morgan fingerprint density at radius 1 is 0.879 bits per heavy atom. The average Bonchev–Trinajstić information content (AvgIpc) is 2.71. The summed E-state index contributed by atoms with van der Waals surface area (Å²) in [7, 11) is 0. The summed E-state index contributed by atoms with van der Waals surface area (Å²) in [5.74, 6) is 0.807. The molecule has 186 valence electrons. The van der Waals surface area contributed by atoms with E-state index in [0.29, 0.717) is 11.8 Å². The number of carboxylic acids is 1. The van der Waals surface area contributed by atoms with Gasteiger partial charge in [-0.25, -0.2) is 0 Å². The zero-order chi connectivity index (χ0) is 24.2. The lowest BCUT2D eigenvalue weighted by molar-refractivity contribution is -0.205. The Kier molecular flexibility index (Phi) is 4.99. The van der Waals surface area contributed by atoms with Gasteiger partial charge in [0.05, 0.1) is 11.5 Å². The van der Waals surface area contributed by atoms with Crippen molar-refractivity contribution >= 4 is 5.97 Å². The van der Waals surface area contributed by atoms with Crippen LogP contribution < -0.4 is 0 Å². The van der Waals surface area contributed by atoms with E-state index in [1.54, 1.807) is 0 Å². The highest BCUT2D eigenvalue weighted by Crippen LogP contribution is 2.75. The van der Waals surface area contributed by atoms with E-state index < -0.39 is 11.4 Å². The van der Waals surface area contributed by atoms with Gasteiger partial charge in [0.15, 0.2) is 0 Å². The first-order valence-corrected chi connectivity index (χ1v) is 13.8. The van der Waals surface area contributed by atoms with E-state index in [9.17, 15) is 15.0 Å². The fraction of sp³-hybridized carbons (Fsp3) is 0.900. The van der Waals surface area contributed by atoms with Crippen molar-refractivity contribution in [1.29, 1.82) is 0 Å². The minimum atomic E-state index is -0.553. The Morgan fingerprint density at radius 2 is 1.55 bits per heavy atom. The van der Waals surface area contributed by atoms with Crippen molar-refractivity contribution in [2.45, 2.75) is 119 Å². The molecule has 4 fully saturated rings. The molecule has 2 N–H and O–H groups in total. The predicted octanol–water partition coefficient (Wildman–Crippen LogP) is 7.23. The Hall–Kier alpha value is -0.830. The largest absolute Gasteiger partial charge is 0.481 e. The van der Waals surface area contributed by atoms with Crippen LogP contribution in [0.5, 0.6) is 0 Å². The minimum absolute atomic E-state index is 0.0301. The molecule has 0 heterocycles. The lowest BCUT2D eigenvalue weighted by atomic mass is 9.33. The van der Waals surface area contributed by atoms with Gasteiger partial charge in [0.25, 0.3) is 0 Å². The second-order valence-electron chi connectivity index (χ2n) is 15.1. The molecule has 0 aliphatic heterocycles. The molecule has 0 spiro atoms. The number of aliphatic hydroxyl groups is 1. The van der Waals surface area contributed by atoms with E-state index in [1.165, 1.54) is 18.4 Å². The highest BCUT2D eigenvalue weighted by atomic mass is 16.4. The molecule has 5 rings (SSSR count). The third-order valence-corrected chi connectivity index (χ3v) is 13.0. The van der Waals surface area contributed by atoms with Crippen molar-refractivity contribution in [1.82, 2.24) is 0 Å². The van der Waals surface area contributed by atoms with Crippen LogP contribution in [0.15, 0.2) is 11.6 Å². The molecule has 0 unspecified atom stereocenters. The van der Waals surface area contributed by atoms with Crippen molar-refractivity contribution in [3.63, 3.8) is 0 Å². The Balaban J connectivity index is 1.60. The summed E-state index contributed by atoms with van der Waals surface area (Å²) in [6.45, 7) is 16.9. The second-order valence-corrected chi connectivity index (χ2v) is 15.1. The molecule has 3 heteroatoms. The molecule has 3 nitrogen and oxygen atoms in total. The Morgan fingerprint density at radius 3 is 2.21 bits per heavy atom. The maximum atomic E-state index is 12.8. The van der Waals surface area contributed by atoms with E-state index >= 15 is 0 Å². The van der Waals surface area contributed by atoms with Gasteiger partial charge in [-0.05, 0) is 109 Å². The lowest BCUT2D eigenvalue weighted by Crippen LogP contribution is -2.65. The molecular formula is C30H48O3. The molecule has 5 aliphatic carbocycles. The van der Waals surface area contributed by atoms with Gasteiger partial charge in [0, 0.05) is 0 Å². The summed E-state index contributed by atoms with van der Waals surface area (Å²) in [5, 5.41) is 21.4. The van der Waals surface area contributed by atoms with Gasteiger partial charge in [-0.15, -0.1) is 0 Å². The normalized spacial score (nSPS) is 52.4. The molecule has 0 aromatic rings. The summed E-state index contributed by atoms with van der Waals surface area (Å²) in [4.78, 5) is 12.8. The first kappa shape index (κ1) is 23.9. The molecule has 4 saturated carbocycles. The van der Waals surface area contributed by atoms with E-state index in [4.69, 9.17) is 0 Å². The molecule has 5 aliphatic rings. The second kappa shape index (κ2) is 6.89. The van der Waals surface area contributed by atoms with Gasteiger partial charge in [0.1, 0.15) is 0 Å². The SMILES string of the molecule is CC1(C)CC[C@@]2(C(=O)O)CC[C@@]3(C)C(=CC[C@H]4[C@]5(C)CC[C@H](O)C(C)(C)[C@H]5CC[C@@]43C)[C@H]2C1. The van der Waals surface area contributed by atoms with Crippen LogP contribution >= 0.6 is 0 Å². The van der Waals surface area contributed by atoms with Crippen LogP contribution in [-0.2, 0) is 4.79 Å². The standard InChI is InChI=1S/C30H48O3/c1-25(2)14-16-30(24(32)33)17-15-28(6)19(20(30)18-25)8-9-22-27(5)12-11-23(31)26(3,4)21(27)10-13-29(22,28)7/h8,20-23,31H,9-18H2,1-7H3,(H,32,33)/t20-,21-,22+,23+,27-,28+,29+,30-/m1/s1. The summed E-state index contributed by atoms with van der Waals surface area (Å²) in [6, 6.07) is 0. The first-order chi connectivity index (χ1) is 15.1. The fourth-order valence-electron chi connectivity index (χ4n) is 10.6. The smallest absolute Gasteiger partial charge is 0.310 e. The quantitative estimate of drug-likeness (QED) is 0.409. The highest BCUT2D eigenvalue weighted by molar-refractivity contribution is 5.76. The van der Waals surface area contributed by atoms with Gasteiger partial charge in [-0.2, -0.15) is 0 Å². The van der Waals surface area contributed by atoms with Crippen LogP contribution in [0.1, 0.15) is 113 Å². The van der Waals surface area contributed by atoms with Crippen molar-refractivity contribution in [2.75, 3.05) is 0 Å². The minimum Gasteiger partial charge on any atom is -0.481 e. The summed E-state index contributed by atoms with van der Waals surface area (Å²) < 4.78 is 0. The molecule has 8 atom stereocenters. The number of carbonyl (C=O) groups is 1. The Labute approximate surface area is 201 Å². The number of rotatable bonds is 1. The van der Waals surface area contributed by atoms with Gasteiger partial charge in [-0.3, -0.25) is 4.79 Å². The van der Waals surface area contributed by atoms with Crippen LogP contribution in [0.25, 0.3) is 0 Å². The van der Waals surface area contributed by atoms with Gasteiger partial charge in [-0.1, -0.05) is 60.1 Å². The van der Waals surface area contributed by atoms with E-state index in [1.807, 2.05) is 0 Å². The van der Waals surface area contributed by atoms with Crippen molar-refractivity contribution in [3.8, 4) is 0 Å². The highest BCUT2D eigenvalue weighted by Gasteiger charge is 2.69. The molecule has 0 aromatic heterocycles. The van der Waals surface area contributed by atoms with E-state index in [2.05, 4.69) is 54.5 Å². The van der Waals surface area contributed by atoms with Gasteiger partial charge in [0.2, 0.25) is 0 Å². The number of allylic oxidation sites excluding steroid dienone is 2. The number of fused-ring (bicyclic) bond motifs is 7. The van der Waals surface area contributed by atoms with Crippen LogP contribution in [-0.4, -0.2) is 22.3 Å². The van der Waals surface area contributed by atoms with Gasteiger partial charge >= 0.3 is 5.97 Å². The van der Waals surface area contributed by atoms with E-state index in [0.717, 1.165) is 51.4 Å². The first-order valence-electron chi connectivity index (χ1n) is 13.8. The van der Waals surface area contributed by atoms with Crippen molar-refractivity contribution in [3.05, 3.63) is 11.6 Å². The summed E-state index contributed by atoms with van der Waals surface area (Å²) in [6.07, 6.45) is 12.6. The third kappa shape index (κ3) is 2.87. The molecule has 0 amide bonds. The molecule has 0 aromatic carbocycles. The lowest BCUT2D eigenvalue weighted by Gasteiger charge is -2.71. The van der Waals surface area contributed by atoms with Crippen molar-refractivity contribution < 1.29 is 15.0 Å². The monoisotopic (exact) mass is 456 g/mol. The van der Waals surface area contributed by atoms with Crippen LogP contribution in [0.3, 0.4) is 0 Å². The van der Waals surface area contributed by atoms with Crippen LogP contribution in [0, 0.1) is 50.2 Å². The topological polar surface area (TPSA) is 57.5 Å². The molecular weight excluding hydrogens is 408 g/mol. The molecule has 0 saturated heterocycles. The predicted molar refractivity (Wildman–Crippen MR) is 133 cm³/mol. The third-order valence-electron chi connectivity index (χ3n) is 13.0. The Bertz CT molecular complexity index is 885. The van der Waals surface area contributed by atoms with Crippen LogP contribution in [0.2, 0.25) is 0 Å². The maximum Gasteiger partial charge on any atom is 0.310 e. The average molecular weight is 457 g/mol. The number of aliphatic hydroxyl groups excluding tert-OH is 1. The van der Waals surface area contributed by atoms with Crippen LogP contribution in [0.4, 0.5) is 0 Å². The number of carboxylic acid groups (broad SMARTS) is 1. The zero-order valence-corrected chi connectivity index (χ0v) is 22.3. The molecule has 0 radical (unpaired) electrons. The number of hydrogen-bond acceptors (Lipinski definition) is 2. The molecule has 0 bridgehead atoms. The van der Waals surface area contributed by atoms with Crippen molar-refractivity contribution in [2.24, 2.45) is 50.2 Å². The number of aliphatic carboxylic acids is 1. The zero-order valence-electron chi connectivity index (χ0n) is 22.3. The van der Waals surface area contributed by atoms with E-state index in [-0.39, 0.29) is 39.1 Å². The van der Waals surface area contributed by atoms with Gasteiger partial charge < -0.3 is 10.2 Å². The molecule has 33 heavy (non-hydrogen) atoms.